The van der Waals surface area contributed by atoms with E-state index in [-0.39, 0.29) is 42.9 Å². The van der Waals surface area contributed by atoms with Gasteiger partial charge in [-0.15, -0.1) is 0 Å². The number of nitrogens with two attached hydrogens (primary N) is 1. The molecule has 2 N–H and O–H groups in total. The normalized spacial score (nSPS) is 17.5. The minimum atomic E-state index is -3.94. The molecule has 2 aliphatic heterocycles. The molecular formula is C22H26N6O5S. The van der Waals surface area contributed by atoms with Crippen molar-refractivity contribution in [3.63, 3.8) is 0 Å². The van der Waals surface area contributed by atoms with Crippen molar-refractivity contribution in [3.8, 4) is 0 Å². The van der Waals surface area contributed by atoms with Gasteiger partial charge in [0.2, 0.25) is 5.09 Å². The fourth-order valence-electron chi connectivity index (χ4n) is 4.60. The highest BCUT2D eigenvalue weighted by atomic mass is 32.2. The first-order chi connectivity index (χ1) is 16.3. The zero-order valence-corrected chi connectivity index (χ0v) is 19.7. The number of rotatable bonds is 4. The molecular weight excluding hydrogens is 460 g/mol. The van der Waals surface area contributed by atoms with Crippen LogP contribution in [0, 0.1) is 6.92 Å². The summed E-state index contributed by atoms with van der Waals surface area (Å²) in [6.07, 6.45) is 4.14. The Kier molecular flexibility index (Phi) is 5.64. The van der Waals surface area contributed by atoms with Crippen LogP contribution in [0.3, 0.4) is 0 Å². The third-order valence-electron chi connectivity index (χ3n) is 6.37. The maximum atomic E-state index is 13.5. The Morgan fingerprint density at radius 3 is 2.50 bits per heavy atom. The molecule has 0 bridgehead atoms. The van der Waals surface area contributed by atoms with Crippen molar-refractivity contribution >= 4 is 33.0 Å². The number of hydrogen-bond acceptors (Lipinski definition) is 7. The summed E-state index contributed by atoms with van der Waals surface area (Å²) in [6.45, 7) is 3.36. The molecule has 0 unspecified atom stereocenters. The number of carbonyl (C=O) groups is 2. The molecule has 0 atom stereocenters. The zero-order valence-electron chi connectivity index (χ0n) is 18.9. The van der Waals surface area contributed by atoms with Gasteiger partial charge in [-0.05, 0) is 38.0 Å². The summed E-state index contributed by atoms with van der Waals surface area (Å²) < 4.78 is 34.3. The van der Waals surface area contributed by atoms with Gasteiger partial charge in [-0.2, -0.15) is 4.31 Å². The molecule has 180 valence electrons. The van der Waals surface area contributed by atoms with Crippen molar-refractivity contribution in [2.75, 3.05) is 26.2 Å². The van der Waals surface area contributed by atoms with Crippen molar-refractivity contribution < 1.29 is 22.4 Å². The first kappa shape index (κ1) is 22.5. The average Bonchev–Trinajstić information content (AvgIpc) is 3.38. The van der Waals surface area contributed by atoms with Gasteiger partial charge < -0.3 is 19.6 Å². The maximum absolute atomic E-state index is 13.5. The average molecular weight is 487 g/mol. The minimum absolute atomic E-state index is 0.105. The summed E-state index contributed by atoms with van der Waals surface area (Å²) >= 11 is 0. The number of amides is 2. The summed E-state index contributed by atoms with van der Waals surface area (Å²) in [6, 6.07) is 4.21. The summed E-state index contributed by atoms with van der Waals surface area (Å²) in [5, 5.41) is -0.341. The van der Waals surface area contributed by atoms with Crippen LogP contribution in [0.15, 0.2) is 27.7 Å². The molecule has 2 amide bonds. The molecule has 11 nitrogen and oxygen atoms in total. The van der Waals surface area contributed by atoms with E-state index in [1.807, 2.05) is 6.92 Å². The quantitative estimate of drug-likeness (QED) is 0.585. The van der Waals surface area contributed by atoms with E-state index < -0.39 is 15.9 Å². The van der Waals surface area contributed by atoms with Gasteiger partial charge in [0.25, 0.3) is 21.8 Å². The Balaban J connectivity index is 1.36. The lowest BCUT2D eigenvalue weighted by Gasteiger charge is -2.33. The topological polar surface area (TPSA) is 145 Å². The van der Waals surface area contributed by atoms with E-state index in [2.05, 4.69) is 9.55 Å². The van der Waals surface area contributed by atoms with Gasteiger partial charge in [0.15, 0.2) is 11.4 Å². The van der Waals surface area contributed by atoms with Gasteiger partial charge in [0.1, 0.15) is 11.3 Å². The molecule has 1 fully saturated rings. The van der Waals surface area contributed by atoms with E-state index in [0.29, 0.717) is 11.1 Å². The number of imidazole rings is 1. The molecule has 2 aliphatic rings. The van der Waals surface area contributed by atoms with Gasteiger partial charge in [-0.25, -0.2) is 18.4 Å². The molecule has 0 aliphatic carbocycles. The number of hydrogen-bond donors (Lipinski definition) is 1. The first-order valence-corrected chi connectivity index (χ1v) is 12.8. The Hall–Kier alpha value is -3.25. The number of piperazine rings is 1. The molecule has 0 spiro atoms. The van der Waals surface area contributed by atoms with Crippen molar-refractivity contribution in [2.45, 2.75) is 44.2 Å². The first-order valence-electron chi connectivity index (χ1n) is 11.3. The number of sulfonamides is 1. The third kappa shape index (κ3) is 3.86. The van der Waals surface area contributed by atoms with Gasteiger partial charge in [0.05, 0.1) is 5.56 Å². The fraction of sp³-hybridized carbons (Fsp3) is 0.455. The van der Waals surface area contributed by atoms with Gasteiger partial charge in [-0.1, -0.05) is 6.42 Å². The van der Waals surface area contributed by atoms with Crippen LogP contribution in [-0.2, 0) is 23.0 Å². The second-order valence-corrected chi connectivity index (χ2v) is 10.5. The summed E-state index contributed by atoms with van der Waals surface area (Å²) in [4.78, 5) is 35.8. The van der Waals surface area contributed by atoms with Crippen LogP contribution in [0.5, 0.6) is 0 Å². The lowest BCUT2D eigenvalue weighted by Crippen LogP contribution is -2.50. The molecule has 12 heteroatoms. The number of furan rings is 1. The molecule has 34 heavy (non-hydrogen) atoms. The van der Waals surface area contributed by atoms with Crippen LogP contribution < -0.4 is 5.73 Å². The standard InChI is InChI=1S/C22H26N6O5S/c1-14-13-15(19-21(24-14)28-8-4-2-3-5-17(28)25-19)22(30)26-9-11-27(12-10-26)34(31,32)18-7-6-16(33-18)20(23)29/h6-7,13H,2-5,8-12H2,1H3,(H2,23,29). The fourth-order valence-corrected chi connectivity index (χ4v) is 5.93. The number of aromatic nitrogens is 3. The number of pyridine rings is 1. The largest absolute Gasteiger partial charge is 0.438 e. The molecule has 0 saturated carbocycles. The van der Waals surface area contributed by atoms with E-state index >= 15 is 0 Å². The summed E-state index contributed by atoms with van der Waals surface area (Å²) in [5.74, 6) is -0.283. The predicted octanol–water partition coefficient (Wildman–Crippen LogP) is 1.30. The van der Waals surface area contributed by atoms with Crippen molar-refractivity contribution in [1.82, 2.24) is 23.7 Å². The Morgan fingerprint density at radius 2 is 1.79 bits per heavy atom. The molecule has 1 saturated heterocycles. The van der Waals surface area contributed by atoms with E-state index in [9.17, 15) is 18.0 Å². The lowest BCUT2D eigenvalue weighted by molar-refractivity contribution is 0.0698. The predicted molar refractivity (Wildman–Crippen MR) is 122 cm³/mol. The second kappa shape index (κ2) is 8.51. The zero-order chi connectivity index (χ0) is 24.0. The minimum Gasteiger partial charge on any atom is -0.438 e. The molecule has 3 aromatic rings. The van der Waals surface area contributed by atoms with E-state index in [0.717, 1.165) is 49.4 Å². The van der Waals surface area contributed by atoms with Crippen LogP contribution in [0.4, 0.5) is 0 Å². The lowest BCUT2D eigenvalue weighted by atomic mass is 10.1. The SMILES string of the molecule is Cc1cc(C(=O)N2CCN(S(=O)(=O)c3ccc(C(N)=O)o3)CC2)c2nc3n(c2n1)CCCCC3. The Morgan fingerprint density at radius 1 is 1.03 bits per heavy atom. The van der Waals surface area contributed by atoms with E-state index in [4.69, 9.17) is 15.1 Å². The van der Waals surface area contributed by atoms with Crippen LogP contribution in [0.2, 0.25) is 0 Å². The van der Waals surface area contributed by atoms with Gasteiger partial charge >= 0.3 is 0 Å². The molecule has 5 rings (SSSR count). The number of aryl methyl sites for hydroxylation is 3. The van der Waals surface area contributed by atoms with E-state index in [1.165, 1.54) is 16.4 Å². The van der Waals surface area contributed by atoms with Crippen LogP contribution >= 0.6 is 0 Å². The van der Waals surface area contributed by atoms with Crippen LogP contribution in [-0.4, -0.2) is 70.2 Å². The monoisotopic (exact) mass is 486 g/mol. The summed E-state index contributed by atoms with van der Waals surface area (Å²) in [7, 11) is -3.94. The Bertz CT molecular complexity index is 1380. The van der Waals surface area contributed by atoms with Crippen molar-refractivity contribution in [2.24, 2.45) is 5.73 Å². The molecule has 0 radical (unpaired) electrons. The molecule has 0 aromatic carbocycles. The van der Waals surface area contributed by atoms with E-state index in [1.54, 1.807) is 11.0 Å². The molecule has 5 heterocycles. The number of primary amides is 1. The highest BCUT2D eigenvalue weighted by Crippen LogP contribution is 2.26. The Labute approximate surface area is 196 Å². The second-order valence-electron chi connectivity index (χ2n) is 8.65. The number of fused-ring (bicyclic) bond motifs is 3. The summed E-state index contributed by atoms with van der Waals surface area (Å²) in [5.41, 5.74) is 7.74. The van der Waals surface area contributed by atoms with Crippen LogP contribution in [0.25, 0.3) is 11.2 Å². The number of nitrogens with zero attached hydrogens (tertiary/aromatic N) is 5. The van der Waals surface area contributed by atoms with Gasteiger partial charge in [0, 0.05) is 44.8 Å². The highest BCUT2D eigenvalue weighted by Gasteiger charge is 2.34. The van der Waals surface area contributed by atoms with Crippen molar-refractivity contribution in [1.29, 1.82) is 0 Å². The highest BCUT2D eigenvalue weighted by molar-refractivity contribution is 7.89. The van der Waals surface area contributed by atoms with Gasteiger partial charge in [-0.3, -0.25) is 9.59 Å². The van der Waals surface area contributed by atoms with Crippen molar-refractivity contribution in [3.05, 3.63) is 41.0 Å². The smallest absolute Gasteiger partial charge is 0.284 e. The molecule has 3 aromatic heterocycles. The maximum Gasteiger partial charge on any atom is 0.284 e. The van der Waals surface area contributed by atoms with Crippen LogP contribution in [0.1, 0.15) is 51.7 Å². The third-order valence-corrected chi connectivity index (χ3v) is 8.14. The number of carbonyl (C=O) groups excluding carboxylic acids is 2.